The van der Waals surface area contributed by atoms with Gasteiger partial charge in [-0.05, 0) is 5.56 Å². The molecule has 0 aliphatic rings. The summed E-state index contributed by atoms with van der Waals surface area (Å²) in [5, 5.41) is -4.50. The molecule has 0 aliphatic carbocycles. The number of hydrogen-bond donors (Lipinski definition) is 1. The largest absolute Gasteiger partial charge is 1.00 e. The first-order valence-corrected chi connectivity index (χ1v) is 6.21. The topological polar surface area (TPSA) is 80.7 Å². The molecule has 0 aromatic heterocycles. The van der Waals surface area contributed by atoms with Crippen molar-refractivity contribution < 1.29 is 62.3 Å². The molecule has 0 aliphatic heterocycles. The molecule has 0 radical (unpaired) electrons. The Morgan fingerprint density at radius 3 is 2.32 bits per heavy atom. The van der Waals surface area contributed by atoms with E-state index in [-0.39, 0.29) is 37.4 Å². The van der Waals surface area contributed by atoms with E-state index in [4.69, 9.17) is 4.55 Å². The Labute approximate surface area is 132 Å². The summed E-state index contributed by atoms with van der Waals surface area (Å²) >= 11 is 0. The van der Waals surface area contributed by atoms with Crippen LogP contribution in [0.1, 0.15) is 6.99 Å². The second-order valence-electron chi connectivity index (χ2n) is 3.44. The van der Waals surface area contributed by atoms with Gasteiger partial charge in [0, 0.05) is 0 Å². The van der Waals surface area contributed by atoms with Crippen molar-refractivity contribution in [2.45, 2.75) is 11.7 Å². The monoisotopic (exact) mass is 304 g/mol. The van der Waals surface area contributed by atoms with E-state index in [1.54, 1.807) is 30.3 Å². The predicted octanol–water partition coefficient (Wildman–Crippen LogP) is -1.63. The van der Waals surface area contributed by atoms with Gasteiger partial charge in [-0.25, -0.2) is 0 Å². The van der Waals surface area contributed by atoms with Crippen LogP contribution in [-0.2, 0) is 26.1 Å². The first-order chi connectivity index (χ1) is 8.22. The fraction of sp³-hybridized carbons (Fsp3) is 0.300. The van der Waals surface area contributed by atoms with Crippen molar-refractivity contribution in [1.82, 2.24) is 0 Å². The molecule has 0 spiro atoms. The molecule has 5 nitrogen and oxygen atoms in total. The molecule has 0 heterocycles. The fourth-order valence-corrected chi connectivity index (χ4v) is 1.26. The van der Waals surface area contributed by atoms with Crippen LogP contribution in [0.3, 0.4) is 0 Å². The third-order valence-electron chi connectivity index (χ3n) is 1.97. The van der Waals surface area contributed by atoms with Crippen LogP contribution in [0.4, 0.5) is 8.78 Å². The van der Waals surface area contributed by atoms with E-state index in [0.717, 1.165) is 0 Å². The summed E-state index contributed by atoms with van der Waals surface area (Å²) in [4.78, 5) is 11.2. The summed E-state index contributed by atoms with van der Waals surface area (Å²) in [6, 6.07) is 8.18. The van der Waals surface area contributed by atoms with E-state index >= 15 is 0 Å². The van der Waals surface area contributed by atoms with Gasteiger partial charge in [-0.2, -0.15) is 17.2 Å². The van der Waals surface area contributed by atoms with E-state index in [2.05, 4.69) is 4.74 Å². The molecule has 9 heteroatoms. The van der Waals surface area contributed by atoms with Gasteiger partial charge in [0.2, 0.25) is 0 Å². The van der Waals surface area contributed by atoms with E-state index < -0.39 is 27.9 Å². The van der Waals surface area contributed by atoms with Crippen molar-refractivity contribution in [2.24, 2.45) is 0 Å². The van der Waals surface area contributed by atoms with Gasteiger partial charge < -0.3 is 6.16 Å². The Hall–Kier alpha value is -0.540. The van der Waals surface area contributed by atoms with Crippen molar-refractivity contribution >= 4 is 16.1 Å². The molecule has 1 aromatic carbocycles. The van der Waals surface area contributed by atoms with Crippen LogP contribution in [-0.4, -0.2) is 30.8 Å². The number of carbonyl (C=O) groups excluding carboxylic acids is 1. The summed E-state index contributed by atoms with van der Waals surface area (Å²) in [6.07, 6.45) is -0.262. The number of benzene rings is 1. The molecule has 0 unspecified atom stereocenters. The zero-order chi connectivity index (χ0) is 13.8. The number of esters is 1. The average Bonchev–Trinajstić information content (AvgIpc) is 2.26. The third kappa shape index (κ3) is 5.96. The van der Waals surface area contributed by atoms with Gasteiger partial charge in [-0.1, -0.05) is 30.3 Å². The minimum atomic E-state index is -5.58. The molecule has 0 amide bonds. The Kier molecular flexibility index (Phi) is 7.09. The Balaban J connectivity index is 0. The van der Waals surface area contributed by atoms with E-state index in [0.29, 0.717) is 5.56 Å². The van der Waals surface area contributed by atoms with Crippen LogP contribution in [0, 0.1) is 0 Å². The number of halogens is 2. The smallest absolute Gasteiger partial charge is 1.00 e. The maximum absolute atomic E-state index is 12.7. The van der Waals surface area contributed by atoms with Gasteiger partial charge in [0.25, 0.3) is 0 Å². The molecule has 1 aromatic rings. The summed E-state index contributed by atoms with van der Waals surface area (Å²) < 4.78 is 58.2. The number of carbonyl (C=O) groups is 1. The number of ether oxygens (including phenoxy) is 1. The molecule has 19 heavy (non-hydrogen) atoms. The van der Waals surface area contributed by atoms with Crippen molar-refractivity contribution in [3.63, 3.8) is 0 Å². The SMILES string of the molecule is O=C(Cc1ccccc1)OCC(F)(F)S(=O)(=O)O.[H-].[Na+]. The predicted molar refractivity (Wildman–Crippen MR) is 58.7 cm³/mol. The first-order valence-electron chi connectivity index (χ1n) is 4.77. The Morgan fingerprint density at radius 1 is 1.32 bits per heavy atom. The second-order valence-corrected chi connectivity index (χ2v) is 4.98. The standard InChI is InChI=1S/C10H10F2O5S.Na.H/c11-10(12,18(14,15)16)7-17-9(13)6-8-4-2-1-3-5-8;;/h1-5H,6-7H2,(H,14,15,16);;/q;+1;-1. The van der Waals surface area contributed by atoms with E-state index in [9.17, 15) is 22.0 Å². The Morgan fingerprint density at radius 2 is 1.84 bits per heavy atom. The van der Waals surface area contributed by atoms with Crippen LogP contribution in [0.5, 0.6) is 0 Å². The van der Waals surface area contributed by atoms with Crippen LogP contribution in [0.15, 0.2) is 30.3 Å². The van der Waals surface area contributed by atoms with Gasteiger partial charge in [0.1, 0.15) is 0 Å². The van der Waals surface area contributed by atoms with Crippen molar-refractivity contribution in [3.05, 3.63) is 35.9 Å². The zero-order valence-corrected chi connectivity index (χ0v) is 12.9. The normalized spacial score (nSPS) is 11.5. The summed E-state index contributed by atoms with van der Waals surface area (Å²) in [5.41, 5.74) is 0.540. The molecular weight excluding hydrogens is 293 g/mol. The second kappa shape index (κ2) is 7.30. The van der Waals surface area contributed by atoms with Crippen LogP contribution in [0.2, 0.25) is 0 Å². The molecule has 0 bridgehead atoms. The van der Waals surface area contributed by atoms with Gasteiger partial charge >= 0.3 is 50.9 Å². The molecule has 0 saturated heterocycles. The van der Waals surface area contributed by atoms with Crippen LogP contribution in [0.25, 0.3) is 0 Å². The van der Waals surface area contributed by atoms with Crippen molar-refractivity contribution in [2.75, 3.05) is 6.61 Å². The van der Waals surface area contributed by atoms with Crippen LogP contribution < -0.4 is 29.6 Å². The molecule has 102 valence electrons. The maximum Gasteiger partial charge on any atom is 1.00 e. The fourth-order valence-electron chi connectivity index (χ4n) is 1.05. The molecule has 0 saturated carbocycles. The third-order valence-corrected chi connectivity index (χ3v) is 2.84. The molecule has 1 rings (SSSR count). The van der Waals surface area contributed by atoms with Gasteiger partial charge in [0.05, 0.1) is 6.42 Å². The quantitative estimate of drug-likeness (QED) is 0.401. The Bertz CT molecular complexity index is 524. The van der Waals surface area contributed by atoms with Crippen molar-refractivity contribution in [1.29, 1.82) is 0 Å². The van der Waals surface area contributed by atoms with Crippen LogP contribution >= 0.6 is 0 Å². The number of alkyl halides is 2. The molecule has 0 fully saturated rings. The molecular formula is C10H11F2NaO5S. The average molecular weight is 304 g/mol. The van der Waals surface area contributed by atoms with Gasteiger partial charge in [-0.15, -0.1) is 0 Å². The molecule has 0 atom stereocenters. The van der Waals surface area contributed by atoms with Gasteiger partial charge in [-0.3, -0.25) is 9.35 Å². The molecule has 1 N–H and O–H groups in total. The first kappa shape index (κ1) is 18.5. The van der Waals surface area contributed by atoms with E-state index in [1.807, 2.05) is 0 Å². The minimum Gasteiger partial charge on any atom is -1.00 e. The minimum absolute atomic E-state index is 0. The van der Waals surface area contributed by atoms with Crippen molar-refractivity contribution in [3.8, 4) is 0 Å². The number of rotatable bonds is 5. The number of hydrogen-bond acceptors (Lipinski definition) is 4. The zero-order valence-electron chi connectivity index (χ0n) is 11.0. The van der Waals surface area contributed by atoms with E-state index in [1.165, 1.54) is 0 Å². The summed E-state index contributed by atoms with van der Waals surface area (Å²) in [7, 11) is -5.58. The maximum atomic E-state index is 12.7. The summed E-state index contributed by atoms with van der Waals surface area (Å²) in [5.74, 6) is -1.01. The summed E-state index contributed by atoms with van der Waals surface area (Å²) in [6.45, 7) is -1.71. The van der Waals surface area contributed by atoms with Gasteiger partial charge in [0.15, 0.2) is 6.61 Å².